The fourth-order valence-corrected chi connectivity index (χ4v) is 3.55. The molecule has 1 aliphatic heterocycles. The zero-order valence-corrected chi connectivity index (χ0v) is 11.9. The van der Waals surface area contributed by atoms with Gasteiger partial charge in [-0.15, -0.1) is 11.3 Å². The quantitative estimate of drug-likeness (QED) is 0.908. The maximum atomic E-state index is 11.1. The summed E-state index contributed by atoms with van der Waals surface area (Å²) in [5.41, 5.74) is 2.22. The van der Waals surface area contributed by atoms with Gasteiger partial charge in [0.05, 0.1) is 6.20 Å². The van der Waals surface area contributed by atoms with Gasteiger partial charge in [-0.25, -0.2) is 4.79 Å². The summed E-state index contributed by atoms with van der Waals surface area (Å²) in [4.78, 5) is 13.9. The van der Waals surface area contributed by atoms with Crippen LogP contribution >= 0.6 is 11.3 Å². The number of likely N-dealkylation sites (tertiary alicyclic amines) is 1. The SMILES string of the molecule is O=C(O)c1sccc1CN1CCC(c2cn[nH]c2)CC1. The van der Waals surface area contributed by atoms with Gasteiger partial charge in [-0.2, -0.15) is 5.10 Å². The number of rotatable bonds is 4. The lowest BCUT2D eigenvalue weighted by Crippen LogP contribution is -2.32. The average Bonchev–Trinajstić information content (AvgIpc) is 3.10. The molecule has 106 valence electrons. The smallest absolute Gasteiger partial charge is 0.346 e. The van der Waals surface area contributed by atoms with Gasteiger partial charge in [-0.1, -0.05) is 0 Å². The zero-order valence-electron chi connectivity index (χ0n) is 11.1. The molecule has 2 aromatic heterocycles. The molecule has 0 unspecified atom stereocenters. The molecule has 0 aromatic carbocycles. The Morgan fingerprint density at radius 3 is 2.95 bits per heavy atom. The van der Waals surface area contributed by atoms with Crippen LogP contribution in [0.1, 0.15) is 39.6 Å². The van der Waals surface area contributed by atoms with Crippen molar-refractivity contribution < 1.29 is 9.90 Å². The maximum absolute atomic E-state index is 11.1. The number of aromatic nitrogens is 2. The third kappa shape index (κ3) is 2.76. The van der Waals surface area contributed by atoms with Crippen LogP contribution in [0.5, 0.6) is 0 Å². The third-order valence-corrected chi connectivity index (χ3v) is 4.86. The first kappa shape index (κ1) is 13.3. The van der Waals surface area contributed by atoms with E-state index in [2.05, 4.69) is 15.1 Å². The van der Waals surface area contributed by atoms with E-state index in [9.17, 15) is 4.79 Å². The highest BCUT2D eigenvalue weighted by Gasteiger charge is 2.22. The van der Waals surface area contributed by atoms with E-state index in [1.807, 2.05) is 23.8 Å². The number of nitrogens with zero attached hydrogens (tertiary/aromatic N) is 2. The van der Waals surface area contributed by atoms with Crippen LogP contribution in [0, 0.1) is 0 Å². The first-order valence-corrected chi connectivity index (χ1v) is 7.62. The topological polar surface area (TPSA) is 69.2 Å². The van der Waals surface area contributed by atoms with Crippen molar-refractivity contribution in [3.05, 3.63) is 39.8 Å². The second kappa shape index (κ2) is 5.76. The Kier molecular flexibility index (Phi) is 3.84. The monoisotopic (exact) mass is 291 g/mol. The zero-order chi connectivity index (χ0) is 13.9. The van der Waals surface area contributed by atoms with Crippen molar-refractivity contribution in [3.63, 3.8) is 0 Å². The minimum atomic E-state index is -0.816. The molecule has 1 fully saturated rings. The number of carboxylic acid groups (broad SMARTS) is 1. The molecule has 0 amide bonds. The predicted octanol–water partition coefficient (Wildman–Crippen LogP) is 2.55. The van der Waals surface area contributed by atoms with Gasteiger partial charge in [0.1, 0.15) is 4.88 Å². The van der Waals surface area contributed by atoms with Gasteiger partial charge in [0.15, 0.2) is 0 Å². The summed E-state index contributed by atoms with van der Waals surface area (Å²) >= 11 is 1.31. The number of carboxylic acids is 1. The molecule has 1 saturated heterocycles. The number of hydrogen-bond donors (Lipinski definition) is 2. The van der Waals surface area contributed by atoms with Gasteiger partial charge >= 0.3 is 5.97 Å². The molecule has 0 radical (unpaired) electrons. The second-order valence-electron chi connectivity index (χ2n) is 5.16. The summed E-state index contributed by atoms with van der Waals surface area (Å²) in [6, 6.07) is 1.93. The summed E-state index contributed by atoms with van der Waals surface area (Å²) in [6.07, 6.45) is 6.08. The lowest BCUT2D eigenvalue weighted by atomic mass is 9.91. The van der Waals surface area contributed by atoms with E-state index in [1.165, 1.54) is 16.9 Å². The largest absolute Gasteiger partial charge is 0.477 e. The normalized spacial score (nSPS) is 17.4. The van der Waals surface area contributed by atoms with E-state index in [4.69, 9.17) is 5.11 Å². The Morgan fingerprint density at radius 1 is 1.50 bits per heavy atom. The molecule has 6 heteroatoms. The number of nitrogens with one attached hydrogen (secondary N) is 1. The van der Waals surface area contributed by atoms with E-state index in [-0.39, 0.29) is 0 Å². The number of hydrogen-bond acceptors (Lipinski definition) is 4. The number of carbonyl (C=O) groups is 1. The minimum Gasteiger partial charge on any atom is -0.477 e. The van der Waals surface area contributed by atoms with Crippen molar-refractivity contribution in [2.75, 3.05) is 13.1 Å². The van der Waals surface area contributed by atoms with Gasteiger partial charge in [0.2, 0.25) is 0 Å². The van der Waals surface area contributed by atoms with Crippen LogP contribution in [0.15, 0.2) is 23.8 Å². The van der Waals surface area contributed by atoms with E-state index in [0.29, 0.717) is 10.8 Å². The molecule has 0 spiro atoms. The van der Waals surface area contributed by atoms with Crippen LogP contribution < -0.4 is 0 Å². The van der Waals surface area contributed by atoms with Crippen molar-refractivity contribution >= 4 is 17.3 Å². The highest BCUT2D eigenvalue weighted by molar-refractivity contribution is 7.12. The van der Waals surface area contributed by atoms with Gasteiger partial charge < -0.3 is 5.11 Å². The molecule has 5 nitrogen and oxygen atoms in total. The highest BCUT2D eigenvalue weighted by Crippen LogP contribution is 2.28. The molecule has 0 saturated carbocycles. The number of H-pyrrole nitrogens is 1. The fraction of sp³-hybridized carbons (Fsp3) is 0.429. The number of thiophene rings is 1. The van der Waals surface area contributed by atoms with Crippen molar-refractivity contribution in [1.82, 2.24) is 15.1 Å². The molecule has 3 heterocycles. The number of aromatic amines is 1. The van der Waals surface area contributed by atoms with E-state index in [1.54, 1.807) is 0 Å². The molecule has 0 bridgehead atoms. The fourth-order valence-electron chi connectivity index (χ4n) is 2.80. The molecule has 0 atom stereocenters. The van der Waals surface area contributed by atoms with Crippen LogP contribution in [0.3, 0.4) is 0 Å². The standard InChI is InChI=1S/C14H17N3O2S/c18-14(19)13-11(3-6-20-13)9-17-4-1-10(2-5-17)12-7-15-16-8-12/h3,6-8,10H,1-2,4-5,9H2,(H,15,16)(H,18,19). The molecule has 2 N–H and O–H groups in total. The Bertz CT molecular complexity index is 571. The minimum absolute atomic E-state index is 0.474. The molecule has 2 aromatic rings. The number of piperidine rings is 1. The lowest BCUT2D eigenvalue weighted by Gasteiger charge is -2.31. The maximum Gasteiger partial charge on any atom is 0.346 e. The van der Waals surface area contributed by atoms with Crippen molar-refractivity contribution in [2.24, 2.45) is 0 Å². The molecule has 1 aliphatic rings. The van der Waals surface area contributed by atoms with Crippen LogP contribution in [-0.2, 0) is 6.54 Å². The van der Waals surface area contributed by atoms with Crippen molar-refractivity contribution in [2.45, 2.75) is 25.3 Å². The van der Waals surface area contributed by atoms with Crippen molar-refractivity contribution in [3.8, 4) is 0 Å². The van der Waals surface area contributed by atoms with Crippen LogP contribution in [0.2, 0.25) is 0 Å². The lowest BCUT2D eigenvalue weighted by molar-refractivity contribution is 0.0699. The molecular formula is C14H17N3O2S. The van der Waals surface area contributed by atoms with Gasteiger partial charge in [0.25, 0.3) is 0 Å². The van der Waals surface area contributed by atoms with E-state index >= 15 is 0 Å². The predicted molar refractivity (Wildman–Crippen MR) is 77.1 cm³/mol. The van der Waals surface area contributed by atoms with E-state index in [0.717, 1.165) is 38.0 Å². The van der Waals surface area contributed by atoms with Gasteiger partial charge in [-0.3, -0.25) is 10.00 Å². The Balaban J connectivity index is 1.59. The van der Waals surface area contributed by atoms with Gasteiger partial charge in [0, 0.05) is 12.7 Å². The Morgan fingerprint density at radius 2 is 2.30 bits per heavy atom. The molecule has 0 aliphatic carbocycles. The molecule has 20 heavy (non-hydrogen) atoms. The van der Waals surface area contributed by atoms with E-state index < -0.39 is 5.97 Å². The first-order valence-electron chi connectivity index (χ1n) is 6.74. The Hall–Kier alpha value is -1.66. The average molecular weight is 291 g/mol. The summed E-state index contributed by atoms with van der Waals surface area (Å²) < 4.78 is 0. The third-order valence-electron chi connectivity index (χ3n) is 3.91. The first-order chi connectivity index (χ1) is 9.74. The van der Waals surface area contributed by atoms with Gasteiger partial charge in [-0.05, 0) is 54.4 Å². The summed E-state index contributed by atoms with van der Waals surface area (Å²) in [7, 11) is 0. The van der Waals surface area contributed by atoms with Crippen LogP contribution in [-0.4, -0.2) is 39.3 Å². The van der Waals surface area contributed by atoms with Crippen LogP contribution in [0.4, 0.5) is 0 Å². The molecular weight excluding hydrogens is 274 g/mol. The molecule has 3 rings (SSSR count). The Labute approximate surface area is 121 Å². The van der Waals surface area contributed by atoms with Crippen LogP contribution in [0.25, 0.3) is 0 Å². The highest BCUT2D eigenvalue weighted by atomic mass is 32.1. The summed E-state index contributed by atoms with van der Waals surface area (Å²) in [6.45, 7) is 2.75. The number of aromatic carboxylic acids is 1. The second-order valence-corrected chi connectivity index (χ2v) is 6.08. The summed E-state index contributed by atoms with van der Waals surface area (Å²) in [5.74, 6) is -0.241. The summed E-state index contributed by atoms with van der Waals surface area (Å²) in [5, 5.41) is 17.9. The van der Waals surface area contributed by atoms with Crippen molar-refractivity contribution in [1.29, 1.82) is 0 Å².